The minimum atomic E-state index is 0.0482. The molecule has 0 N–H and O–H groups in total. The Labute approximate surface area is 135 Å². The highest BCUT2D eigenvalue weighted by Crippen LogP contribution is 2.15. The molecular formula is C19H19NO3. The van der Waals surface area contributed by atoms with Crippen LogP contribution < -0.4 is 0 Å². The van der Waals surface area contributed by atoms with Gasteiger partial charge in [-0.15, -0.1) is 0 Å². The van der Waals surface area contributed by atoms with Gasteiger partial charge in [0.2, 0.25) is 5.91 Å². The highest BCUT2D eigenvalue weighted by Gasteiger charge is 2.18. The van der Waals surface area contributed by atoms with Gasteiger partial charge in [-0.1, -0.05) is 24.3 Å². The number of furan rings is 2. The zero-order valence-electron chi connectivity index (χ0n) is 13.1. The molecule has 1 amide bonds. The molecule has 2 heterocycles. The third kappa shape index (κ3) is 3.92. The van der Waals surface area contributed by atoms with E-state index in [1.165, 1.54) is 0 Å². The molecule has 4 nitrogen and oxygen atoms in total. The van der Waals surface area contributed by atoms with E-state index >= 15 is 0 Å². The molecule has 0 saturated carbocycles. The first kappa shape index (κ1) is 15.2. The van der Waals surface area contributed by atoms with E-state index in [4.69, 9.17) is 8.83 Å². The Hall–Kier alpha value is -2.75. The molecule has 0 saturated heterocycles. The standard InChI is InChI=1S/C19H19NO3/c1-15-6-2-3-7-16(15)12-19(21)20(13-17-8-4-10-22-17)14-18-9-5-11-23-18/h2-11H,12-14H2,1H3. The number of hydrogen-bond donors (Lipinski definition) is 0. The molecule has 0 atom stereocenters. The molecule has 0 fully saturated rings. The second-order valence-corrected chi connectivity index (χ2v) is 5.51. The van der Waals surface area contributed by atoms with Crippen molar-refractivity contribution in [3.63, 3.8) is 0 Å². The minimum absolute atomic E-state index is 0.0482. The summed E-state index contributed by atoms with van der Waals surface area (Å²) < 4.78 is 10.8. The number of amides is 1. The SMILES string of the molecule is Cc1ccccc1CC(=O)N(Cc1ccco1)Cc1ccco1. The lowest BCUT2D eigenvalue weighted by molar-refractivity contribution is -0.132. The van der Waals surface area contributed by atoms with Crippen molar-refractivity contribution in [3.05, 3.63) is 83.7 Å². The lowest BCUT2D eigenvalue weighted by Gasteiger charge is -2.21. The van der Waals surface area contributed by atoms with Gasteiger partial charge in [-0.05, 0) is 42.3 Å². The van der Waals surface area contributed by atoms with Crippen LogP contribution in [0.15, 0.2) is 69.9 Å². The molecule has 0 spiro atoms. The van der Waals surface area contributed by atoms with Gasteiger partial charge >= 0.3 is 0 Å². The van der Waals surface area contributed by atoms with Crippen LogP contribution in [0.2, 0.25) is 0 Å². The first-order chi connectivity index (χ1) is 11.2. The van der Waals surface area contributed by atoms with E-state index in [0.717, 1.165) is 22.6 Å². The van der Waals surface area contributed by atoms with E-state index in [0.29, 0.717) is 19.5 Å². The predicted molar refractivity (Wildman–Crippen MR) is 86.6 cm³/mol. The van der Waals surface area contributed by atoms with Gasteiger partial charge in [-0.25, -0.2) is 0 Å². The molecule has 118 valence electrons. The Kier molecular flexibility index (Phi) is 4.62. The molecule has 23 heavy (non-hydrogen) atoms. The molecule has 3 aromatic rings. The monoisotopic (exact) mass is 309 g/mol. The molecular weight excluding hydrogens is 290 g/mol. The molecule has 0 unspecified atom stereocenters. The Morgan fingerprint density at radius 1 is 0.913 bits per heavy atom. The summed E-state index contributed by atoms with van der Waals surface area (Å²) in [6, 6.07) is 15.3. The number of nitrogens with zero attached hydrogens (tertiary/aromatic N) is 1. The third-order valence-electron chi connectivity index (χ3n) is 3.81. The molecule has 1 aromatic carbocycles. The fourth-order valence-electron chi connectivity index (χ4n) is 2.50. The van der Waals surface area contributed by atoms with Crippen LogP contribution in [-0.4, -0.2) is 10.8 Å². The smallest absolute Gasteiger partial charge is 0.227 e. The Morgan fingerprint density at radius 3 is 2.04 bits per heavy atom. The van der Waals surface area contributed by atoms with Crippen LogP contribution in [0.25, 0.3) is 0 Å². The Balaban J connectivity index is 1.76. The molecule has 2 aromatic heterocycles. The van der Waals surface area contributed by atoms with Gasteiger partial charge in [0.1, 0.15) is 11.5 Å². The summed E-state index contributed by atoms with van der Waals surface area (Å²) >= 11 is 0. The first-order valence-electron chi connectivity index (χ1n) is 7.59. The van der Waals surface area contributed by atoms with Crippen molar-refractivity contribution < 1.29 is 13.6 Å². The largest absolute Gasteiger partial charge is 0.467 e. The number of rotatable bonds is 6. The lowest BCUT2D eigenvalue weighted by atomic mass is 10.1. The minimum Gasteiger partial charge on any atom is -0.467 e. The van der Waals surface area contributed by atoms with Gasteiger partial charge in [0, 0.05) is 0 Å². The van der Waals surface area contributed by atoms with Crippen molar-refractivity contribution in [1.29, 1.82) is 0 Å². The summed E-state index contributed by atoms with van der Waals surface area (Å²) in [6.45, 7) is 2.88. The fourth-order valence-corrected chi connectivity index (χ4v) is 2.50. The predicted octanol–water partition coefficient (Wildman–Crippen LogP) is 3.95. The van der Waals surface area contributed by atoms with Gasteiger partial charge in [-0.3, -0.25) is 4.79 Å². The van der Waals surface area contributed by atoms with Crippen LogP contribution in [0, 0.1) is 6.92 Å². The summed E-state index contributed by atoms with van der Waals surface area (Å²) in [7, 11) is 0. The van der Waals surface area contributed by atoms with Crippen LogP contribution >= 0.6 is 0 Å². The zero-order valence-corrected chi connectivity index (χ0v) is 13.1. The Bertz CT molecular complexity index is 709. The maximum absolute atomic E-state index is 12.8. The van der Waals surface area contributed by atoms with Gasteiger partial charge in [0.15, 0.2) is 0 Å². The third-order valence-corrected chi connectivity index (χ3v) is 3.81. The zero-order chi connectivity index (χ0) is 16.1. The molecule has 0 aliphatic heterocycles. The molecule has 0 radical (unpaired) electrons. The van der Waals surface area contributed by atoms with Gasteiger partial charge in [-0.2, -0.15) is 0 Å². The highest BCUT2D eigenvalue weighted by molar-refractivity contribution is 5.79. The van der Waals surface area contributed by atoms with Crippen LogP contribution in [-0.2, 0) is 24.3 Å². The summed E-state index contributed by atoms with van der Waals surface area (Å²) in [5, 5.41) is 0. The van der Waals surface area contributed by atoms with Gasteiger partial charge in [0.05, 0.1) is 32.0 Å². The quantitative estimate of drug-likeness (QED) is 0.692. The van der Waals surface area contributed by atoms with Crippen molar-refractivity contribution in [3.8, 4) is 0 Å². The number of hydrogen-bond acceptors (Lipinski definition) is 3. The molecule has 3 rings (SSSR count). The fraction of sp³-hybridized carbons (Fsp3) is 0.211. The van der Waals surface area contributed by atoms with E-state index < -0.39 is 0 Å². The average Bonchev–Trinajstić information content (AvgIpc) is 3.22. The van der Waals surface area contributed by atoms with Crippen molar-refractivity contribution >= 4 is 5.91 Å². The van der Waals surface area contributed by atoms with Crippen LogP contribution in [0.5, 0.6) is 0 Å². The van der Waals surface area contributed by atoms with Crippen LogP contribution in [0.3, 0.4) is 0 Å². The second-order valence-electron chi connectivity index (χ2n) is 5.51. The number of aryl methyl sites for hydroxylation is 1. The molecule has 0 aliphatic rings. The maximum Gasteiger partial charge on any atom is 0.227 e. The second kappa shape index (κ2) is 7.01. The van der Waals surface area contributed by atoms with E-state index in [1.807, 2.05) is 55.5 Å². The molecule has 4 heteroatoms. The van der Waals surface area contributed by atoms with Crippen molar-refractivity contribution in [2.75, 3.05) is 0 Å². The Morgan fingerprint density at radius 2 is 1.52 bits per heavy atom. The van der Waals surface area contributed by atoms with Crippen molar-refractivity contribution in [2.45, 2.75) is 26.4 Å². The number of carbonyl (C=O) groups is 1. The van der Waals surface area contributed by atoms with E-state index in [-0.39, 0.29) is 5.91 Å². The van der Waals surface area contributed by atoms with E-state index in [1.54, 1.807) is 17.4 Å². The van der Waals surface area contributed by atoms with E-state index in [2.05, 4.69) is 0 Å². The van der Waals surface area contributed by atoms with Crippen molar-refractivity contribution in [1.82, 2.24) is 4.90 Å². The van der Waals surface area contributed by atoms with E-state index in [9.17, 15) is 4.79 Å². The highest BCUT2D eigenvalue weighted by atomic mass is 16.3. The van der Waals surface area contributed by atoms with Gasteiger partial charge < -0.3 is 13.7 Å². The lowest BCUT2D eigenvalue weighted by Crippen LogP contribution is -2.31. The van der Waals surface area contributed by atoms with Crippen molar-refractivity contribution in [2.24, 2.45) is 0 Å². The molecule has 0 aliphatic carbocycles. The summed E-state index contributed by atoms with van der Waals surface area (Å²) in [5.41, 5.74) is 2.16. The maximum atomic E-state index is 12.8. The first-order valence-corrected chi connectivity index (χ1v) is 7.59. The van der Waals surface area contributed by atoms with Crippen LogP contribution in [0.1, 0.15) is 22.6 Å². The van der Waals surface area contributed by atoms with Gasteiger partial charge in [0.25, 0.3) is 0 Å². The van der Waals surface area contributed by atoms with Crippen LogP contribution in [0.4, 0.5) is 0 Å². The number of carbonyl (C=O) groups excluding carboxylic acids is 1. The summed E-state index contributed by atoms with van der Waals surface area (Å²) in [4.78, 5) is 14.5. The number of benzene rings is 1. The molecule has 0 bridgehead atoms. The topological polar surface area (TPSA) is 46.6 Å². The summed E-state index contributed by atoms with van der Waals surface area (Å²) in [6.07, 6.45) is 3.60. The normalized spacial score (nSPS) is 10.7. The average molecular weight is 309 g/mol. The summed E-state index contributed by atoms with van der Waals surface area (Å²) in [5.74, 6) is 1.57.